The van der Waals surface area contributed by atoms with Crippen LogP contribution in [0.5, 0.6) is 5.75 Å². The predicted molar refractivity (Wildman–Crippen MR) is 89.1 cm³/mol. The Morgan fingerprint density at radius 3 is 2.70 bits per heavy atom. The Kier molecular flexibility index (Phi) is 4.27. The molecular weight excluding hydrogens is 358 g/mol. The molecule has 0 bridgehead atoms. The van der Waals surface area contributed by atoms with Crippen molar-refractivity contribution < 1.29 is 22.7 Å². The molecule has 1 aliphatic rings. The van der Waals surface area contributed by atoms with Gasteiger partial charge in [-0.3, -0.25) is 9.78 Å². The van der Waals surface area contributed by atoms with Gasteiger partial charge in [0.2, 0.25) is 5.89 Å². The van der Waals surface area contributed by atoms with Crippen LogP contribution in [0, 0.1) is 0 Å². The Balaban J connectivity index is 1.55. The minimum atomic E-state index is -2.85. The summed E-state index contributed by atoms with van der Waals surface area (Å²) in [7, 11) is 1.59. The van der Waals surface area contributed by atoms with Crippen LogP contribution in [-0.2, 0) is 13.1 Å². The van der Waals surface area contributed by atoms with Gasteiger partial charge >= 0.3 is 6.43 Å². The smallest absolute Gasteiger partial charge is 0.314 e. The molecule has 0 N–H and O–H groups in total. The summed E-state index contributed by atoms with van der Waals surface area (Å²) in [4.78, 5) is 18.6. The van der Waals surface area contributed by atoms with Gasteiger partial charge in [-0.1, -0.05) is 12.1 Å². The zero-order chi connectivity index (χ0) is 19.0. The number of hydrogen-bond acceptors (Lipinski definition) is 6. The molecule has 0 atom stereocenters. The molecule has 2 aromatic heterocycles. The number of fused-ring (bicyclic) bond motifs is 1. The number of ether oxygens (including phenoxy) is 1. The Hall–Kier alpha value is -3.36. The molecule has 0 saturated carbocycles. The van der Waals surface area contributed by atoms with Gasteiger partial charge in [-0.05, 0) is 23.8 Å². The highest BCUT2D eigenvalue weighted by molar-refractivity contribution is 5.98. The summed E-state index contributed by atoms with van der Waals surface area (Å²) in [5.74, 6) is -0.312. The van der Waals surface area contributed by atoms with Crippen molar-refractivity contribution in [1.29, 1.82) is 0 Å². The van der Waals surface area contributed by atoms with Crippen LogP contribution in [0.1, 0.15) is 33.9 Å². The van der Waals surface area contributed by atoms with E-state index in [-0.39, 0.29) is 11.8 Å². The molecule has 1 aliphatic heterocycles. The van der Waals surface area contributed by atoms with Crippen LogP contribution >= 0.6 is 0 Å². The number of alkyl halides is 2. The van der Waals surface area contributed by atoms with Crippen molar-refractivity contribution >= 4 is 5.91 Å². The lowest BCUT2D eigenvalue weighted by Gasteiger charge is -2.15. The summed E-state index contributed by atoms with van der Waals surface area (Å²) in [6, 6.07) is 8.98. The minimum Gasteiger partial charge on any atom is -0.497 e. The zero-order valence-electron chi connectivity index (χ0n) is 14.2. The van der Waals surface area contributed by atoms with Crippen molar-refractivity contribution in [2.45, 2.75) is 19.5 Å². The third kappa shape index (κ3) is 3.23. The summed E-state index contributed by atoms with van der Waals surface area (Å²) >= 11 is 0. The first-order valence-corrected chi connectivity index (χ1v) is 8.08. The lowest BCUT2D eigenvalue weighted by Crippen LogP contribution is -2.23. The molecular formula is C18H14F2N4O3. The molecule has 7 nitrogen and oxygen atoms in total. The number of rotatable bonds is 5. The number of methoxy groups -OCH3 is 1. The molecule has 1 amide bonds. The van der Waals surface area contributed by atoms with Crippen LogP contribution in [0.2, 0.25) is 0 Å². The molecule has 0 fully saturated rings. The van der Waals surface area contributed by atoms with E-state index >= 15 is 0 Å². The van der Waals surface area contributed by atoms with Crippen molar-refractivity contribution in [2.24, 2.45) is 0 Å². The topological polar surface area (TPSA) is 81.3 Å². The second kappa shape index (κ2) is 6.75. The van der Waals surface area contributed by atoms with E-state index in [0.717, 1.165) is 11.3 Å². The van der Waals surface area contributed by atoms with E-state index in [0.29, 0.717) is 29.9 Å². The van der Waals surface area contributed by atoms with Crippen molar-refractivity contribution in [3.05, 3.63) is 59.2 Å². The molecule has 0 saturated heterocycles. The van der Waals surface area contributed by atoms with Gasteiger partial charge < -0.3 is 14.1 Å². The van der Waals surface area contributed by atoms with Gasteiger partial charge in [0.15, 0.2) is 0 Å². The van der Waals surface area contributed by atoms with Crippen LogP contribution in [0.15, 0.2) is 40.9 Å². The average molecular weight is 372 g/mol. The average Bonchev–Trinajstić information content (AvgIpc) is 3.28. The van der Waals surface area contributed by atoms with Gasteiger partial charge in [0.1, 0.15) is 5.75 Å². The normalized spacial score (nSPS) is 13.3. The molecule has 0 unspecified atom stereocenters. The molecule has 9 heteroatoms. The molecule has 0 spiro atoms. The maximum atomic E-state index is 12.7. The van der Waals surface area contributed by atoms with E-state index in [9.17, 15) is 13.6 Å². The zero-order valence-corrected chi connectivity index (χ0v) is 14.2. The maximum Gasteiger partial charge on any atom is 0.314 e. The van der Waals surface area contributed by atoms with Crippen LogP contribution in [0.25, 0.3) is 11.5 Å². The molecule has 138 valence electrons. The van der Waals surface area contributed by atoms with E-state index in [1.165, 1.54) is 6.20 Å². The number of aromatic nitrogens is 3. The Bertz CT molecular complexity index is 989. The third-order valence-corrected chi connectivity index (χ3v) is 4.24. The molecule has 4 rings (SSSR count). The van der Waals surface area contributed by atoms with Crippen LogP contribution < -0.4 is 4.74 Å². The second-order valence-electron chi connectivity index (χ2n) is 5.97. The Labute approximate surface area is 152 Å². The SMILES string of the molecule is COc1ccc(CN2Cc3ncc(-c4nnc(C(F)F)o4)cc3C2=O)cc1. The first kappa shape index (κ1) is 17.1. The summed E-state index contributed by atoms with van der Waals surface area (Å²) in [6.45, 7) is 0.789. The largest absolute Gasteiger partial charge is 0.497 e. The van der Waals surface area contributed by atoms with Crippen molar-refractivity contribution in [3.63, 3.8) is 0 Å². The number of carbonyl (C=O) groups excluding carboxylic acids is 1. The quantitative estimate of drug-likeness (QED) is 0.684. The number of halogens is 2. The number of pyridine rings is 1. The van der Waals surface area contributed by atoms with E-state index in [1.54, 1.807) is 18.1 Å². The minimum absolute atomic E-state index is 0.0954. The molecule has 3 aromatic rings. The predicted octanol–water partition coefficient (Wildman–Crippen LogP) is 3.23. The van der Waals surface area contributed by atoms with Crippen molar-refractivity contribution in [1.82, 2.24) is 20.1 Å². The molecule has 1 aromatic carbocycles. The molecule has 0 aliphatic carbocycles. The highest BCUT2D eigenvalue weighted by atomic mass is 19.3. The highest BCUT2D eigenvalue weighted by Gasteiger charge is 2.29. The Morgan fingerprint density at radius 1 is 1.26 bits per heavy atom. The monoisotopic (exact) mass is 372 g/mol. The maximum absolute atomic E-state index is 12.7. The van der Waals surface area contributed by atoms with Crippen LogP contribution in [-0.4, -0.2) is 33.1 Å². The first-order chi connectivity index (χ1) is 13.0. The van der Waals surface area contributed by atoms with E-state index in [1.807, 2.05) is 24.3 Å². The summed E-state index contributed by atoms with van der Waals surface area (Å²) < 4.78 is 35.3. The highest BCUT2D eigenvalue weighted by Crippen LogP contribution is 2.28. The van der Waals surface area contributed by atoms with Crippen molar-refractivity contribution in [3.8, 4) is 17.2 Å². The van der Waals surface area contributed by atoms with Gasteiger partial charge in [0, 0.05) is 12.7 Å². The summed E-state index contributed by atoms with van der Waals surface area (Å²) in [5, 5.41) is 6.88. The fraction of sp³-hybridized carbons (Fsp3) is 0.222. The lowest BCUT2D eigenvalue weighted by atomic mass is 10.1. The number of benzene rings is 1. The number of nitrogens with zero attached hydrogens (tertiary/aromatic N) is 4. The van der Waals surface area contributed by atoms with E-state index in [4.69, 9.17) is 9.15 Å². The second-order valence-corrected chi connectivity index (χ2v) is 5.97. The van der Waals surface area contributed by atoms with Gasteiger partial charge in [0.05, 0.1) is 30.5 Å². The number of carbonyl (C=O) groups is 1. The summed E-state index contributed by atoms with van der Waals surface area (Å²) in [5.41, 5.74) is 2.30. The van der Waals surface area contributed by atoms with Gasteiger partial charge in [-0.2, -0.15) is 8.78 Å². The third-order valence-electron chi connectivity index (χ3n) is 4.24. The van der Waals surface area contributed by atoms with Crippen LogP contribution in [0.3, 0.4) is 0 Å². The lowest BCUT2D eigenvalue weighted by molar-refractivity contribution is 0.0766. The number of amides is 1. The Morgan fingerprint density at radius 2 is 2.04 bits per heavy atom. The molecule has 0 radical (unpaired) electrons. The standard InChI is InChI=1S/C18H14F2N4O3/c1-26-12-4-2-10(3-5-12)8-24-9-14-13(18(24)25)6-11(7-21-14)16-22-23-17(27-16)15(19)20/h2-7,15H,8-9H2,1H3. The van der Waals surface area contributed by atoms with Gasteiger partial charge in [0.25, 0.3) is 11.8 Å². The van der Waals surface area contributed by atoms with E-state index < -0.39 is 12.3 Å². The van der Waals surface area contributed by atoms with Crippen LogP contribution in [0.4, 0.5) is 8.78 Å². The van der Waals surface area contributed by atoms with Gasteiger partial charge in [-0.15, -0.1) is 10.2 Å². The number of hydrogen-bond donors (Lipinski definition) is 0. The fourth-order valence-corrected chi connectivity index (χ4v) is 2.86. The van der Waals surface area contributed by atoms with E-state index in [2.05, 4.69) is 15.2 Å². The molecule has 3 heterocycles. The summed E-state index contributed by atoms with van der Waals surface area (Å²) in [6.07, 6.45) is -1.42. The molecule has 27 heavy (non-hydrogen) atoms. The fourth-order valence-electron chi connectivity index (χ4n) is 2.86. The van der Waals surface area contributed by atoms with Gasteiger partial charge in [-0.25, -0.2) is 0 Å². The van der Waals surface area contributed by atoms with Crippen molar-refractivity contribution in [2.75, 3.05) is 7.11 Å². The first-order valence-electron chi connectivity index (χ1n) is 8.08.